The SMILES string of the molecule is COc1cccc(-n2cc(CN(C)C(=O)[C@H]3C[C@@H](N)[C@H](O)C3)cn2)c1. The lowest BCUT2D eigenvalue weighted by Crippen LogP contribution is -2.32. The van der Waals surface area contributed by atoms with Crippen LogP contribution in [0, 0.1) is 5.92 Å². The highest BCUT2D eigenvalue weighted by Crippen LogP contribution is 2.26. The van der Waals surface area contributed by atoms with E-state index in [9.17, 15) is 9.90 Å². The van der Waals surface area contributed by atoms with Gasteiger partial charge in [0.25, 0.3) is 0 Å². The number of amides is 1. The van der Waals surface area contributed by atoms with E-state index in [-0.39, 0.29) is 17.9 Å². The fourth-order valence-corrected chi connectivity index (χ4v) is 3.25. The summed E-state index contributed by atoms with van der Waals surface area (Å²) < 4.78 is 6.98. The van der Waals surface area contributed by atoms with Gasteiger partial charge >= 0.3 is 0 Å². The van der Waals surface area contributed by atoms with Gasteiger partial charge in [-0.05, 0) is 25.0 Å². The van der Waals surface area contributed by atoms with Crippen LogP contribution in [0.5, 0.6) is 5.75 Å². The van der Waals surface area contributed by atoms with Crippen LogP contribution in [0.25, 0.3) is 5.69 Å². The molecule has 0 bridgehead atoms. The zero-order chi connectivity index (χ0) is 18.0. The van der Waals surface area contributed by atoms with Crippen LogP contribution < -0.4 is 10.5 Å². The molecule has 7 heteroatoms. The molecule has 1 aliphatic carbocycles. The Bertz CT molecular complexity index is 735. The molecule has 0 saturated heterocycles. The third kappa shape index (κ3) is 3.83. The Balaban J connectivity index is 1.65. The van der Waals surface area contributed by atoms with Crippen molar-refractivity contribution in [2.45, 2.75) is 31.5 Å². The summed E-state index contributed by atoms with van der Waals surface area (Å²) in [5.41, 5.74) is 7.63. The van der Waals surface area contributed by atoms with Gasteiger partial charge in [-0.15, -0.1) is 0 Å². The smallest absolute Gasteiger partial charge is 0.225 e. The molecule has 1 saturated carbocycles. The summed E-state index contributed by atoms with van der Waals surface area (Å²) in [5, 5.41) is 14.1. The van der Waals surface area contributed by atoms with Crippen LogP contribution in [0.2, 0.25) is 0 Å². The molecule has 1 heterocycles. The second-order valence-corrected chi connectivity index (χ2v) is 6.59. The number of nitrogens with zero attached hydrogens (tertiary/aromatic N) is 3. The van der Waals surface area contributed by atoms with E-state index in [1.807, 2.05) is 30.5 Å². The van der Waals surface area contributed by atoms with E-state index in [2.05, 4.69) is 5.10 Å². The molecule has 3 N–H and O–H groups in total. The van der Waals surface area contributed by atoms with Crippen molar-refractivity contribution >= 4 is 5.91 Å². The Morgan fingerprint density at radius 3 is 2.96 bits per heavy atom. The zero-order valence-electron chi connectivity index (χ0n) is 14.5. The summed E-state index contributed by atoms with van der Waals surface area (Å²) in [7, 11) is 3.39. The average molecular weight is 344 g/mol. The predicted octanol–water partition coefficient (Wildman–Crippen LogP) is 0.937. The van der Waals surface area contributed by atoms with Gasteiger partial charge in [0, 0.05) is 43.4 Å². The number of carbonyl (C=O) groups excluding carboxylic acids is 1. The highest BCUT2D eigenvalue weighted by Gasteiger charge is 2.36. The molecule has 0 spiro atoms. The molecule has 3 atom stereocenters. The highest BCUT2D eigenvalue weighted by atomic mass is 16.5. The Kier molecular flexibility index (Phi) is 5.06. The molecule has 2 aromatic rings. The van der Waals surface area contributed by atoms with Gasteiger partial charge in [-0.25, -0.2) is 4.68 Å². The molecule has 0 unspecified atom stereocenters. The third-order valence-corrected chi connectivity index (χ3v) is 4.68. The first-order chi connectivity index (χ1) is 12.0. The van der Waals surface area contributed by atoms with Gasteiger partial charge in [-0.3, -0.25) is 4.79 Å². The van der Waals surface area contributed by atoms with E-state index in [1.165, 1.54) is 0 Å². The van der Waals surface area contributed by atoms with Crippen molar-refractivity contribution in [1.29, 1.82) is 0 Å². The van der Waals surface area contributed by atoms with Crippen LogP contribution in [0.1, 0.15) is 18.4 Å². The molecule has 25 heavy (non-hydrogen) atoms. The van der Waals surface area contributed by atoms with Crippen LogP contribution in [0.3, 0.4) is 0 Å². The van der Waals surface area contributed by atoms with E-state index in [0.29, 0.717) is 19.4 Å². The lowest BCUT2D eigenvalue weighted by molar-refractivity contribution is -0.134. The predicted molar refractivity (Wildman–Crippen MR) is 93.3 cm³/mol. The lowest BCUT2D eigenvalue weighted by atomic mass is 10.1. The first-order valence-corrected chi connectivity index (χ1v) is 8.34. The summed E-state index contributed by atoms with van der Waals surface area (Å²) in [6.45, 7) is 0.463. The number of benzene rings is 1. The Hall–Kier alpha value is -2.38. The Labute approximate surface area is 147 Å². The van der Waals surface area contributed by atoms with Crippen molar-refractivity contribution < 1.29 is 14.6 Å². The number of aliphatic hydroxyl groups is 1. The van der Waals surface area contributed by atoms with Crippen molar-refractivity contribution in [3.63, 3.8) is 0 Å². The minimum absolute atomic E-state index is 0.0149. The number of hydrogen-bond acceptors (Lipinski definition) is 5. The molecule has 7 nitrogen and oxygen atoms in total. The molecule has 0 aliphatic heterocycles. The minimum atomic E-state index is -0.585. The van der Waals surface area contributed by atoms with Crippen molar-refractivity contribution in [3.8, 4) is 11.4 Å². The summed E-state index contributed by atoms with van der Waals surface area (Å²) in [5.74, 6) is 0.572. The minimum Gasteiger partial charge on any atom is -0.497 e. The van der Waals surface area contributed by atoms with E-state index in [0.717, 1.165) is 17.0 Å². The maximum Gasteiger partial charge on any atom is 0.225 e. The number of methoxy groups -OCH3 is 1. The first-order valence-electron chi connectivity index (χ1n) is 8.34. The molecule has 1 fully saturated rings. The van der Waals surface area contributed by atoms with Gasteiger partial charge in [0.15, 0.2) is 0 Å². The molecule has 1 amide bonds. The van der Waals surface area contributed by atoms with Crippen molar-refractivity contribution in [2.75, 3.05) is 14.2 Å². The highest BCUT2D eigenvalue weighted by molar-refractivity contribution is 5.79. The maximum atomic E-state index is 12.5. The zero-order valence-corrected chi connectivity index (χ0v) is 14.5. The summed E-state index contributed by atoms with van der Waals surface area (Å²) in [6, 6.07) is 7.31. The molecule has 1 aliphatic rings. The number of rotatable bonds is 5. The average Bonchev–Trinajstić information content (AvgIpc) is 3.21. The third-order valence-electron chi connectivity index (χ3n) is 4.68. The van der Waals surface area contributed by atoms with Gasteiger partial charge in [0.05, 0.1) is 25.1 Å². The second-order valence-electron chi connectivity index (χ2n) is 6.59. The maximum absolute atomic E-state index is 12.5. The molecular formula is C18H24N4O3. The normalized spacial score (nSPS) is 22.8. The van der Waals surface area contributed by atoms with Crippen LogP contribution >= 0.6 is 0 Å². The van der Waals surface area contributed by atoms with Crippen LogP contribution in [0.4, 0.5) is 0 Å². The largest absolute Gasteiger partial charge is 0.497 e. The van der Waals surface area contributed by atoms with Gasteiger partial charge in [0.1, 0.15) is 5.75 Å². The monoisotopic (exact) mass is 344 g/mol. The molecule has 1 aromatic carbocycles. The number of hydrogen-bond donors (Lipinski definition) is 2. The number of carbonyl (C=O) groups is 1. The standard InChI is InChI=1S/C18H24N4O3/c1-21(18(24)13-6-16(19)17(23)7-13)10-12-9-20-22(11-12)14-4-3-5-15(8-14)25-2/h3-5,8-9,11,13,16-17,23H,6-7,10,19H2,1-2H3/t13-,16+,17+/m0/s1. The molecular weight excluding hydrogens is 320 g/mol. The van der Waals surface area contributed by atoms with Crippen molar-refractivity contribution in [1.82, 2.24) is 14.7 Å². The summed E-state index contributed by atoms with van der Waals surface area (Å²) >= 11 is 0. The van der Waals surface area contributed by atoms with Crippen LogP contribution in [0.15, 0.2) is 36.7 Å². The Morgan fingerprint density at radius 1 is 1.48 bits per heavy atom. The van der Waals surface area contributed by atoms with Gasteiger partial charge < -0.3 is 20.5 Å². The van der Waals surface area contributed by atoms with Gasteiger partial charge in [-0.1, -0.05) is 6.07 Å². The number of aliphatic hydroxyl groups excluding tert-OH is 1. The van der Waals surface area contributed by atoms with Crippen LogP contribution in [-0.2, 0) is 11.3 Å². The Morgan fingerprint density at radius 2 is 2.28 bits per heavy atom. The summed E-state index contributed by atoms with van der Waals surface area (Å²) in [4.78, 5) is 14.2. The quantitative estimate of drug-likeness (QED) is 0.842. The van der Waals surface area contributed by atoms with Crippen molar-refractivity contribution in [2.24, 2.45) is 11.7 Å². The first kappa shape index (κ1) is 17.4. The lowest BCUT2D eigenvalue weighted by Gasteiger charge is -2.20. The van der Waals surface area contributed by atoms with E-state index < -0.39 is 6.10 Å². The molecule has 134 valence electrons. The molecule has 0 radical (unpaired) electrons. The second kappa shape index (κ2) is 7.25. The fraction of sp³-hybridized carbons (Fsp3) is 0.444. The number of nitrogens with two attached hydrogens (primary N) is 1. The number of ether oxygens (including phenoxy) is 1. The molecule has 3 rings (SSSR count). The van der Waals surface area contributed by atoms with E-state index in [4.69, 9.17) is 10.5 Å². The van der Waals surface area contributed by atoms with Crippen molar-refractivity contribution in [3.05, 3.63) is 42.2 Å². The number of aromatic nitrogens is 2. The van der Waals surface area contributed by atoms with Gasteiger partial charge in [0.2, 0.25) is 5.91 Å². The topological polar surface area (TPSA) is 93.6 Å². The van der Waals surface area contributed by atoms with E-state index in [1.54, 1.807) is 29.9 Å². The molecule has 1 aromatic heterocycles. The fourth-order valence-electron chi connectivity index (χ4n) is 3.25. The summed E-state index contributed by atoms with van der Waals surface area (Å²) in [6.07, 6.45) is 4.03. The van der Waals surface area contributed by atoms with E-state index >= 15 is 0 Å². The van der Waals surface area contributed by atoms with Crippen LogP contribution in [-0.4, -0.2) is 52.0 Å². The van der Waals surface area contributed by atoms with Gasteiger partial charge in [-0.2, -0.15) is 5.10 Å².